The van der Waals surface area contributed by atoms with Crippen molar-refractivity contribution < 1.29 is 14.7 Å². The van der Waals surface area contributed by atoms with Crippen molar-refractivity contribution in [1.29, 1.82) is 0 Å². The van der Waals surface area contributed by atoms with E-state index in [0.717, 1.165) is 16.7 Å². The van der Waals surface area contributed by atoms with E-state index in [2.05, 4.69) is 0 Å². The summed E-state index contributed by atoms with van der Waals surface area (Å²) in [6.07, 6.45) is 0.482. The molecule has 0 unspecified atom stereocenters. The molecule has 1 N–H and O–H groups in total. The first-order valence-corrected chi connectivity index (χ1v) is 10.8. The Bertz CT molecular complexity index is 1070. The van der Waals surface area contributed by atoms with Gasteiger partial charge in [0.25, 0.3) is 5.91 Å². The maximum absolute atomic E-state index is 13.3. The number of ketones is 1. The molecule has 3 aromatic rings. The van der Waals surface area contributed by atoms with E-state index >= 15 is 0 Å². The van der Waals surface area contributed by atoms with Gasteiger partial charge in [0.1, 0.15) is 0 Å². The van der Waals surface area contributed by atoms with Gasteiger partial charge in [0.2, 0.25) is 0 Å². The van der Waals surface area contributed by atoms with Gasteiger partial charge in [0, 0.05) is 30.0 Å². The number of benzene rings is 3. The lowest BCUT2D eigenvalue weighted by Crippen LogP contribution is -2.40. The van der Waals surface area contributed by atoms with Crippen LogP contribution in [0.5, 0.6) is 0 Å². The molecule has 0 aromatic heterocycles. The summed E-state index contributed by atoms with van der Waals surface area (Å²) in [5.41, 5.74) is 3.50. The Kier molecular flexibility index (Phi) is 6.50. The summed E-state index contributed by atoms with van der Waals surface area (Å²) >= 11 is 5.92. The van der Waals surface area contributed by atoms with E-state index < -0.39 is 12.1 Å². The molecular formula is C26H24ClNO3. The molecule has 0 aliphatic carbocycles. The first-order chi connectivity index (χ1) is 15.0. The van der Waals surface area contributed by atoms with E-state index in [1.165, 1.54) is 4.90 Å². The van der Waals surface area contributed by atoms with Crippen molar-refractivity contribution in [3.63, 3.8) is 0 Å². The maximum atomic E-state index is 13.3. The number of aliphatic hydroxyl groups excluding tert-OH is 1. The number of nitrogens with zero attached hydrogens (tertiary/aromatic N) is 1. The minimum atomic E-state index is -0.689. The van der Waals surface area contributed by atoms with E-state index in [9.17, 15) is 14.7 Å². The van der Waals surface area contributed by atoms with Crippen LogP contribution in [-0.4, -0.2) is 40.4 Å². The second-order valence-corrected chi connectivity index (χ2v) is 8.34. The summed E-state index contributed by atoms with van der Waals surface area (Å²) in [5.74, 6) is -0.252. The van der Waals surface area contributed by atoms with Crippen molar-refractivity contribution in [3.05, 3.63) is 95.0 Å². The number of carbonyl (C=O) groups excluding carboxylic acids is 2. The molecule has 0 bridgehead atoms. The fraction of sp³-hybridized carbons (Fsp3) is 0.231. The van der Waals surface area contributed by atoms with E-state index in [4.69, 9.17) is 11.6 Å². The Labute approximate surface area is 187 Å². The van der Waals surface area contributed by atoms with Crippen LogP contribution in [0.4, 0.5) is 0 Å². The van der Waals surface area contributed by atoms with Gasteiger partial charge in [-0.25, -0.2) is 0 Å². The van der Waals surface area contributed by atoms with Crippen molar-refractivity contribution in [1.82, 2.24) is 4.90 Å². The topological polar surface area (TPSA) is 57.6 Å². The van der Waals surface area contributed by atoms with Crippen molar-refractivity contribution in [3.8, 4) is 11.1 Å². The molecule has 1 amide bonds. The lowest BCUT2D eigenvalue weighted by atomic mass is 10.00. The maximum Gasteiger partial charge on any atom is 0.254 e. The Balaban J connectivity index is 1.49. The van der Waals surface area contributed by atoms with Gasteiger partial charge in [-0.3, -0.25) is 9.59 Å². The fourth-order valence-electron chi connectivity index (χ4n) is 4.06. The minimum Gasteiger partial charge on any atom is -0.391 e. The van der Waals surface area contributed by atoms with Crippen LogP contribution < -0.4 is 0 Å². The molecule has 3 aromatic carbocycles. The van der Waals surface area contributed by atoms with Gasteiger partial charge >= 0.3 is 0 Å². The molecule has 2 atom stereocenters. The van der Waals surface area contributed by atoms with E-state index in [-0.39, 0.29) is 24.7 Å². The van der Waals surface area contributed by atoms with E-state index in [1.54, 1.807) is 18.2 Å². The third kappa shape index (κ3) is 5.04. The first kappa shape index (κ1) is 21.3. The van der Waals surface area contributed by atoms with Gasteiger partial charge in [-0.2, -0.15) is 0 Å². The number of halogens is 1. The number of β-amino-alcohol motifs (C(OH)–C–C–N with tert-alkyl or cyclic N) is 1. The van der Waals surface area contributed by atoms with Gasteiger partial charge < -0.3 is 10.0 Å². The smallest absolute Gasteiger partial charge is 0.254 e. The average molecular weight is 434 g/mol. The molecule has 0 spiro atoms. The van der Waals surface area contributed by atoms with Crippen LogP contribution in [0.25, 0.3) is 11.1 Å². The summed E-state index contributed by atoms with van der Waals surface area (Å²) in [7, 11) is 0. The molecule has 0 saturated carbocycles. The Hall–Kier alpha value is -2.95. The predicted molar refractivity (Wildman–Crippen MR) is 122 cm³/mol. The van der Waals surface area contributed by atoms with Crippen molar-refractivity contribution in [2.24, 2.45) is 0 Å². The van der Waals surface area contributed by atoms with Crippen LogP contribution in [-0.2, 0) is 11.2 Å². The second kappa shape index (κ2) is 9.46. The number of hydrogen-bond acceptors (Lipinski definition) is 3. The SMILES string of the molecule is O=C(CCc1ccc(Cl)cc1)[C@@H]1C[C@@H](O)CN1C(=O)c1cccc(-c2ccccc2)c1. The lowest BCUT2D eigenvalue weighted by Gasteiger charge is -2.24. The third-order valence-corrected chi connectivity index (χ3v) is 5.95. The largest absolute Gasteiger partial charge is 0.391 e. The molecule has 4 nitrogen and oxygen atoms in total. The number of amides is 1. The molecular weight excluding hydrogens is 410 g/mol. The van der Waals surface area contributed by atoms with Crippen LogP contribution in [0.1, 0.15) is 28.8 Å². The van der Waals surface area contributed by atoms with E-state index in [0.29, 0.717) is 23.4 Å². The van der Waals surface area contributed by atoms with Crippen molar-refractivity contribution in [2.75, 3.05) is 6.54 Å². The minimum absolute atomic E-state index is 0.0286. The fourth-order valence-corrected chi connectivity index (χ4v) is 4.18. The molecule has 1 fully saturated rings. The molecule has 158 valence electrons. The summed E-state index contributed by atoms with van der Waals surface area (Å²) in [5, 5.41) is 10.9. The van der Waals surface area contributed by atoms with E-state index in [1.807, 2.05) is 60.7 Å². The summed E-state index contributed by atoms with van der Waals surface area (Å²) < 4.78 is 0. The van der Waals surface area contributed by atoms with Gasteiger partial charge in [-0.05, 0) is 47.4 Å². The molecule has 5 heteroatoms. The predicted octanol–water partition coefficient (Wildman–Crippen LogP) is 4.78. The van der Waals surface area contributed by atoms with Crippen LogP contribution in [0.3, 0.4) is 0 Å². The zero-order valence-electron chi connectivity index (χ0n) is 17.1. The number of aryl methyl sites for hydroxylation is 1. The van der Waals surface area contributed by atoms with Crippen molar-refractivity contribution in [2.45, 2.75) is 31.4 Å². The van der Waals surface area contributed by atoms with Crippen molar-refractivity contribution >= 4 is 23.3 Å². The number of rotatable bonds is 6. The first-order valence-electron chi connectivity index (χ1n) is 10.4. The standard InChI is InChI=1S/C26H24ClNO3/c27-22-12-9-18(10-13-22)11-14-25(30)24-16-23(29)17-28(24)26(31)21-8-4-7-20(15-21)19-5-2-1-3-6-19/h1-10,12-13,15,23-24,29H,11,14,16-17H2/t23-,24+/m1/s1. The van der Waals surface area contributed by atoms with Crippen LogP contribution in [0.15, 0.2) is 78.9 Å². The highest BCUT2D eigenvalue weighted by molar-refractivity contribution is 6.30. The molecule has 1 aliphatic heterocycles. The highest BCUT2D eigenvalue weighted by Gasteiger charge is 2.38. The van der Waals surface area contributed by atoms with Crippen LogP contribution in [0, 0.1) is 0 Å². The molecule has 4 rings (SSSR count). The van der Waals surface area contributed by atoms with Crippen LogP contribution in [0.2, 0.25) is 5.02 Å². The summed E-state index contributed by atoms with van der Waals surface area (Å²) in [6, 6.07) is 24.1. The molecule has 1 heterocycles. The monoisotopic (exact) mass is 433 g/mol. The van der Waals surface area contributed by atoms with Gasteiger partial charge in [-0.15, -0.1) is 0 Å². The third-order valence-electron chi connectivity index (χ3n) is 5.70. The molecule has 0 radical (unpaired) electrons. The second-order valence-electron chi connectivity index (χ2n) is 7.90. The van der Waals surface area contributed by atoms with Gasteiger partial charge in [0.15, 0.2) is 5.78 Å². The summed E-state index contributed by atoms with van der Waals surface area (Å²) in [6.45, 7) is 0.172. The highest BCUT2D eigenvalue weighted by Crippen LogP contribution is 2.26. The Morgan fingerprint density at radius 3 is 2.39 bits per heavy atom. The van der Waals surface area contributed by atoms with Gasteiger partial charge in [0.05, 0.1) is 12.1 Å². The number of likely N-dealkylation sites (tertiary alicyclic amines) is 1. The number of aliphatic hydroxyl groups is 1. The van der Waals surface area contributed by atoms with Crippen LogP contribution >= 0.6 is 11.6 Å². The zero-order valence-corrected chi connectivity index (χ0v) is 17.8. The Morgan fingerprint density at radius 1 is 0.935 bits per heavy atom. The number of carbonyl (C=O) groups is 2. The number of hydrogen-bond donors (Lipinski definition) is 1. The molecule has 31 heavy (non-hydrogen) atoms. The number of Topliss-reactive ketones (excluding diaryl/α,β-unsaturated/α-hetero) is 1. The quantitative estimate of drug-likeness (QED) is 0.608. The zero-order chi connectivity index (χ0) is 21.8. The lowest BCUT2D eigenvalue weighted by molar-refractivity contribution is -0.122. The average Bonchev–Trinajstić information content (AvgIpc) is 3.20. The highest BCUT2D eigenvalue weighted by atomic mass is 35.5. The molecule has 1 aliphatic rings. The normalized spacial score (nSPS) is 18.2. The summed E-state index contributed by atoms with van der Waals surface area (Å²) in [4.78, 5) is 27.7. The Morgan fingerprint density at radius 2 is 1.65 bits per heavy atom. The van der Waals surface area contributed by atoms with Gasteiger partial charge in [-0.1, -0.05) is 66.2 Å². The molecule has 1 saturated heterocycles.